The normalized spacial score (nSPS) is 15.0. The summed E-state index contributed by atoms with van der Waals surface area (Å²) in [6.07, 6.45) is 13.7. The molecule has 3 aromatic heterocycles. The van der Waals surface area contributed by atoms with Crippen LogP contribution in [0.25, 0.3) is 16.6 Å². The molecule has 0 atom stereocenters. The maximum Gasteiger partial charge on any atom is 0.103 e. The van der Waals surface area contributed by atoms with E-state index >= 15 is 0 Å². The summed E-state index contributed by atoms with van der Waals surface area (Å²) < 4.78 is 3.52. The van der Waals surface area contributed by atoms with Gasteiger partial charge in [0, 0.05) is 49.6 Å². The predicted molar refractivity (Wildman–Crippen MR) is 108 cm³/mol. The molecule has 1 fully saturated rings. The van der Waals surface area contributed by atoms with Gasteiger partial charge < -0.3 is 4.90 Å². The first-order valence-corrected chi connectivity index (χ1v) is 9.47. The highest BCUT2D eigenvalue weighted by Crippen LogP contribution is 2.24. The maximum atomic E-state index is 9.46. The van der Waals surface area contributed by atoms with Crippen LogP contribution < -0.4 is 0 Å². The Morgan fingerprint density at radius 1 is 1.11 bits per heavy atom. The third-order valence-electron chi connectivity index (χ3n) is 5.07. The largest absolute Gasteiger partial charge is 0.378 e. The lowest BCUT2D eigenvalue weighted by molar-refractivity contribution is 0.276. The molecular formula is C22H22N6. The molecule has 0 N–H and O–H groups in total. The molecule has 28 heavy (non-hydrogen) atoms. The second kappa shape index (κ2) is 7.62. The molecule has 6 nitrogen and oxygen atoms in total. The predicted octanol–water partition coefficient (Wildman–Crippen LogP) is 3.20. The van der Waals surface area contributed by atoms with Crippen LogP contribution >= 0.6 is 0 Å². The van der Waals surface area contributed by atoms with E-state index in [1.807, 2.05) is 38.6 Å². The second-order valence-corrected chi connectivity index (χ2v) is 7.07. The van der Waals surface area contributed by atoms with E-state index in [2.05, 4.69) is 45.3 Å². The molecule has 0 unspecified atom stereocenters. The molecule has 4 rings (SSSR count). The van der Waals surface area contributed by atoms with Crippen LogP contribution in [0.5, 0.6) is 0 Å². The number of hydrogen-bond donors (Lipinski definition) is 0. The van der Waals surface area contributed by atoms with E-state index in [9.17, 15) is 5.26 Å². The van der Waals surface area contributed by atoms with Crippen molar-refractivity contribution in [1.29, 1.82) is 5.26 Å². The van der Waals surface area contributed by atoms with Crippen molar-refractivity contribution in [2.75, 3.05) is 13.1 Å². The van der Waals surface area contributed by atoms with Crippen molar-refractivity contribution in [3.05, 3.63) is 54.3 Å². The molecule has 0 spiro atoms. The smallest absolute Gasteiger partial charge is 0.103 e. The van der Waals surface area contributed by atoms with Gasteiger partial charge in [0.25, 0.3) is 0 Å². The fourth-order valence-electron chi connectivity index (χ4n) is 3.61. The summed E-state index contributed by atoms with van der Waals surface area (Å²) >= 11 is 0. The van der Waals surface area contributed by atoms with Crippen LogP contribution in [0.1, 0.15) is 30.9 Å². The molecule has 0 bridgehead atoms. The standard InChI is InChI=1S/C22H22N6/c1-3-8-27-9-6-17(7-10-27)4-5-18-11-19(21-14-24-26(2)15-21)16-28-22(18)20(12-23)13-25-28/h3,8,11,13-17H,6-7,9-10H2,1-2H3. The van der Waals surface area contributed by atoms with Crippen LogP contribution in [0.15, 0.2) is 43.1 Å². The topological polar surface area (TPSA) is 62.1 Å². The summed E-state index contributed by atoms with van der Waals surface area (Å²) in [7, 11) is 1.89. The molecule has 6 heteroatoms. The average molecular weight is 370 g/mol. The number of aryl methyl sites for hydroxylation is 1. The van der Waals surface area contributed by atoms with E-state index in [-0.39, 0.29) is 0 Å². The third kappa shape index (κ3) is 3.50. The molecule has 0 amide bonds. The van der Waals surface area contributed by atoms with Crippen molar-refractivity contribution in [3.8, 4) is 29.0 Å². The molecule has 0 saturated carbocycles. The van der Waals surface area contributed by atoms with Crippen molar-refractivity contribution in [1.82, 2.24) is 24.3 Å². The number of piperidine rings is 1. The summed E-state index contributed by atoms with van der Waals surface area (Å²) in [5.74, 6) is 7.17. The van der Waals surface area contributed by atoms with Crippen LogP contribution in [-0.4, -0.2) is 37.4 Å². The van der Waals surface area contributed by atoms with E-state index in [1.165, 1.54) is 0 Å². The number of aromatic nitrogens is 4. The Morgan fingerprint density at radius 2 is 1.93 bits per heavy atom. The minimum atomic E-state index is 0.372. The zero-order chi connectivity index (χ0) is 19.5. The number of hydrogen-bond acceptors (Lipinski definition) is 4. The fraction of sp³-hybridized carbons (Fsp3) is 0.318. The summed E-state index contributed by atoms with van der Waals surface area (Å²) in [5, 5.41) is 18.1. The number of likely N-dealkylation sites (tertiary alicyclic amines) is 1. The molecule has 3 aromatic rings. The molecular weight excluding hydrogens is 348 g/mol. The first kappa shape index (κ1) is 17.9. The summed E-state index contributed by atoms with van der Waals surface area (Å²) in [4.78, 5) is 2.34. The van der Waals surface area contributed by atoms with Gasteiger partial charge in [0.15, 0.2) is 0 Å². The van der Waals surface area contributed by atoms with Crippen molar-refractivity contribution >= 4 is 5.52 Å². The van der Waals surface area contributed by atoms with Gasteiger partial charge >= 0.3 is 0 Å². The van der Waals surface area contributed by atoms with Gasteiger partial charge in [0.1, 0.15) is 6.07 Å². The van der Waals surface area contributed by atoms with Gasteiger partial charge in [0.2, 0.25) is 0 Å². The molecule has 0 radical (unpaired) electrons. The maximum absolute atomic E-state index is 9.46. The van der Waals surface area contributed by atoms with Gasteiger partial charge in [-0.15, -0.1) is 0 Å². The van der Waals surface area contributed by atoms with Gasteiger partial charge in [-0.1, -0.05) is 17.9 Å². The van der Waals surface area contributed by atoms with Crippen molar-refractivity contribution in [2.24, 2.45) is 13.0 Å². The first-order valence-electron chi connectivity index (χ1n) is 9.47. The summed E-state index contributed by atoms with van der Waals surface area (Å²) in [6.45, 7) is 4.11. The number of allylic oxidation sites excluding steroid dienone is 1. The molecule has 1 aliphatic heterocycles. The zero-order valence-electron chi connectivity index (χ0n) is 16.1. The Balaban J connectivity index is 1.70. The molecule has 1 saturated heterocycles. The van der Waals surface area contributed by atoms with Crippen LogP contribution in [0.4, 0.5) is 0 Å². The summed E-state index contributed by atoms with van der Waals surface area (Å²) in [5.41, 5.74) is 4.15. The highest BCUT2D eigenvalue weighted by molar-refractivity contribution is 5.75. The lowest BCUT2D eigenvalue weighted by Crippen LogP contribution is -2.28. The van der Waals surface area contributed by atoms with Gasteiger partial charge in [-0.05, 0) is 32.0 Å². The lowest BCUT2D eigenvalue weighted by atomic mass is 9.97. The molecule has 140 valence electrons. The molecule has 0 aliphatic carbocycles. The van der Waals surface area contributed by atoms with Crippen LogP contribution in [0.2, 0.25) is 0 Å². The van der Waals surface area contributed by atoms with Gasteiger partial charge in [-0.2, -0.15) is 15.5 Å². The number of nitriles is 1. The molecule has 0 aromatic carbocycles. The van der Waals surface area contributed by atoms with E-state index in [0.29, 0.717) is 11.5 Å². The van der Waals surface area contributed by atoms with Crippen molar-refractivity contribution in [2.45, 2.75) is 19.8 Å². The number of pyridine rings is 1. The van der Waals surface area contributed by atoms with Gasteiger partial charge in [-0.3, -0.25) is 4.68 Å². The Morgan fingerprint density at radius 3 is 2.61 bits per heavy atom. The highest BCUT2D eigenvalue weighted by Gasteiger charge is 2.16. The third-order valence-corrected chi connectivity index (χ3v) is 5.07. The van der Waals surface area contributed by atoms with E-state index < -0.39 is 0 Å². The Kier molecular flexibility index (Phi) is 4.87. The van der Waals surface area contributed by atoms with Crippen LogP contribution in [0, 0.1) is 29.1 Å². The Labute approximate surface area is 164 Å². The van der Waals surface area contributed by atoms with Gasteiger partial charge in [0.05, 0.1) is 29.0 Å². The highest BCUT2D eigenvalue weighted by atomic mass is 15.2. The number of fused-ring (bicyclic) bond motifs is 1. The second-order valence-electron chi connectivity index (χ2n) is 7.07. The Bertz CT molecular complexity index is 1120. The number of rotatable bonds is 2. The first-order chi connectivity index (χ1) is 13.7. The van der Waals surface area contributed by atoms with E-state index in [4.69, 9.17) is 0 Å². The zero-order valence-corrected chi connectivity index (χ0v) is 16.1. The van der Waals surface area contributed by atoms with Crippen LogP contribution in [-0.2, 0) is 7.05 Å². The van der Waals surface area contributed by atoms with E-state index in [0.717, 1.165) is 48.1 Å². The monoisotopic (exact) mass is 370 g/mol. The quantitative estimate of drug-likeness (QED) is 0.650. The summed E-state index contributed by atoms with van der Waals surface area (Å²) in [6, 6.07) is 4.27. The van der Waals surface area contributed by atoms with Crippen LogP contribution in [0.3, 0.4) is 0 Å². The van der Waals surface area contributed by atoms with Crippen molar-refractivity contribution in [3.63, 3.8) is 0 Å². The van der Waals surface area contributed by atoms with E-state index in [1.54, 1.807) is 15.4 Å². The van der Waals surface area contributed by atoms with Crippen molar-refractivity contribution < 1.29 is 0 Å². The molecule has 1 aliphatic rings. The average Bonchev–Trinajstić information content (AvgIpc) is 3.33. The minimum Gasteiger partial charge on any atom is -0.378 e. The molecule has 4 heterocycles. The lowest BCUT2D eigenvalue weighted by Gasteiger charge is -2.28. The minimum absolute atomic E-state index is 0.372. The number of nitrogens with zero attached hydrogens (tertiary/aromatic N) is 6. The fourth-order valence-corrected chi connectivity index (χ4v) is 3.61. The Hall–Kier alpha value is -3.51. The SMILES string of the molecule is CC=CN1CCC(C#Cc2cc(-c3cnn(C)c3)cn3ncc(C#N)c23)CC1. The van der Waals surface area contributed by atoms with Gasteiger partial charge in [-0.25, -0.2) is 4.52 Å².